The molecule has 1 aliphatic heterocycles. The summed E-state index contributed by atoms with van der Waals surface area (Å²) >= 11 is 0. The number of nitrogens with zero attached hydrogens (tertiary/aromatic N) is 2. The van der Waals surface area contributed by atoms with Gasteiger partial charge in [-0.25, -0.2) is 0 Å². The summed E-state index contributed by atoms with van der Waals surface area (Å²) in [6.07, 6.45) is 0. The molecule has 0 aromatic carbocycles. The van der Waals surface area contributed by atoms with E-state index in [0.29, 0.717) is 6.73 Å². The molecule has 1 aliphatic rings. The van der Waals surface area contributed by atoms with Crippen molar-refractivity contribution in [3.8, 4) is 0 Å². The Morgan fingerprint density at radius 2 is 2.20 bits per heavy atom. The molecule has 1 heterocycles. The Hall–Kier alpha value is -0.720. The zero-order valence-corrected chi connectivity index (χ0v) is 9.39. The minimum atomic E-state index is -1.37. The molecule has 0 aromatic heterocycles. The molecule has 6 nitrogen and oxygen atoms in total. The summed E-state index contributed by atoms with van der Waals surface area (Å²) in [7, 11) is 0. The van der Waals surface area contributed by atoms with Crippen molar-refractivity contribution in [1.82, 2.24) is 4.90 Å². The number of hydrogen-bond donors (Lipinski definition) is 1. The monoisotopic (exact) mass is 218 g/mol. The van der Waals surface area contributed by atoms with Crippen LogP contribution in [0.5, 0.6) is 0 Å². The maximum Gasteiger partial charge on any atom is 0.280 e. The van der Waals surface area contributed by atoms with Gasteiger partial charge in [0.15, 0.2) is 0 Å². The van der Waals surface area contributed by atoms with E-state index in [4.69, 9.17) is 9.84 Å². The smallest absolute Gasteiger partial charge is 0.280 e. The van der Waals surface area contributed by atoms with Crippen LogP contribution < -0.4 is 0 Å². The van der Waals surface area contributed by atoms with Crippen LogP contribution in [-0.4, -0.2) is 52.5 Å². The summed E-state index contributed by atoms with van der Waals surface area (Å²) in [6, 6.07) is 0. The molecule has 15 heavy (non-hydrogen) atoms. The van der Waals surface area contributed by atoms with E-state index in [9.17, 15) is 10.1 Å². The number of aliphatic hydroxyl groups excluding tert-OH is 1. The van der Waals surface area contributed by atoms with E-state index in [1.54, 1.807) is 0 Å². The second kappa shape index (κ2) is 4.03. The van der Waals surface area contributed by atoms with Crippen molar-refractivity contribution in [3.63, 3.8) is 0 Å². The largest absolute Gasteiger partial charge is 0.389 e. The van der Waals surface area contributed by atoms with Crippen LogP contribution in [0.3, 0.4) is 0 Å². The summed E-state index contributed by atoms with van der Waals surface area (Å²) in [6.45, 7) is 5.96. The zero-order chi connectivity index (χ0) is 11.7. The highest BCUT2D eigenvalue weighted by molar-refractivity contribution is 4.89. The van der Waals surface area contributed by atoms with Gasteiger partial charge in [0, 0.05) is 10.5 Å². The second-order valence-corrected chi connectivity index (χ2v) is 4.99. The van der Waals surface area contributed by atoms with Crippen LogP contribution >= 0.6 is 0 Å². The molecule has 1 atom stereocenters. The molecule has 0 bridgehead atoms. The van der Waals surface area contributed by atoms with Crippen molar-refractivity contribution in [2.45, 2.75) is 31.8 Å². The van der Waals surface area contributed by atoms with Crippen molar-refractivity contribution in [2.24, 2.45) is 0 Å². The van der Waals surface area contributed by atoms with Gasteiger partial charge in [-0.3, -0.25) is 15.0 Å². The normalized spacial score (nSPS) is 29.1. The first-order valence-electron chi connectivity index (χ1n) is 4.90. The third kappa shape index (κ3) is 2.45. The number of rotatable bonds is 2. The maximum absolute atomic E-state index is 10.9. The minimum Gasteiger partial charge on any atom is -0.389 e. The van der Waals surface area contributed by atoms with Gasteiger partial charge >= 0.3 is 0 Å². The Bertz CT molecular complexity index is 251. The predicted octanol–water partition coefficient (Wildman–Crippen LogP) is 0.0824. The first kappa shape index (κ1) is 12.4. The number of hydrogen-bond acceptors (Lipinski definition) is 5. The average Bonchev–Trinajstić information content (AvgIpc) is 2.16. The van der Waals surface area contributed by atoms with Crippen molar-refractivity contribution in [3.05, 3.63) is 10.1 Å². The van der Waals surface area contributed by atoms with E-state index in [1.165, 1.54) is 0 Å². The Balaban J connectivity index is 2.82. The van der Waals surface area contributed by atoms with Crippen molar-refractivity contribution < 1.29 is 14.8 Å². The Kier molecular flexibility index (Phi) is 3.32. The number of ether oxygens (including phenoxy) is 1. The number of nitro groups is 1. The molecule has 1 saturated heterocycles. The van der Waals surface area contributed by atoms with Gasteiger partial charge in [0.2, 0.25) is 0 Å². The summed E-state index contributed by atoms with van der Waals surface area (Å²) in [5.74, 6) is 0. The Morgan fingerprint density at radius 1 is 1.60 bits per heavy atom. The summed E-state index contributed by atoms with van der Waals surface area (Å²) < 4.78 is 5.20. The molecular weight excluding hydrogens is 200 g/mol. The van der Waals surface area contributed by atoms with Crippen LogP contribution in [0.15, 0.2) is 0 Å². The lowest BCUT2D eigenvalue weighted by molar-refractivity contribution is -0.585. The molecule has 88 valence electrons. The SMILES string of the molecule is CC(C)(C)N1COC[C@@](CO)([N+](=O)[O-])C1. The van der Waals surface area contributed by atoms with Gasteiger partial charge in [-0.05, 0) is 20.8 Å². The van der Waals surface area contributed by atoms with Crippen LogP contribution in [0.4, 0.5) is 0 Å². The van der Waals surface area contributed by atoms with E-state index in [0.717, 1.165) is 0 Å². The van der Waals surface area contributed by atoms with Gasteiger partial charge in [-0.15, -0.1) is 0 Å². The molecule has 0 unspecified atom stereocenters. The quantitative estimate of drug-likeness (QED) is 0.525. The highest BCUT2D eigenvalue weighted by Crippen LogP contribution is 2.23. The number of aliphatic hydroxyl groups is 1. The van der Waals surface area contributed by atoms with Crippen molar-refractivity contribution >= 4 is 0 Å². The molecule has 0 aliphatic carbocycles. The van der Waals surface area contributed by atoms with Gasteiger partial charge in [0.1, 0.15) is 19.9 Å². The molecule has 1 fully saturated rings. The summed E-state index contributed by atoms with van der Waals surface area (Å²) in [5, 5.41) is 20.1. The van der Waals surface area contributed by atoms with Gasteiger partial charge in [-0.1, -0.05) is 0 Å². The van der Waals surface area contributed by atoms with E-state index in [-0.39, 0.29) is 18.7 Å². The average molecular weight is 218 g/mol. The fourth-order valence-electron chi connectivity index (χ4n) is 1.49. The third-order valence-electron chi connectivity index (χ3n) is 2.73. The van der Waals surface area contributed by atoms with Gasteiger partial charge in [0.25, 0.3) is 5.54 Å². The molecule has 0 radical (unpaired) electrons. The van der Waals surface area contributed by atoms with E-state index in [1.807, 2.05) is 25.7 Å². The topological polar surface area (TPSA) is 75.8 Å². The van der Waals surface area contributed by atoms with Gasteiger partial charge in [0.05, 0.1) is 6.54 Å². The van der Waals surface area contributed by atoms with E-state index < -0.39 is 17.1 Å². The zero-order valence-electron chi connectivity index (χ0n) is 9.39. The summed E-state index contributed by atoms with van der Waals surface area (Å²) in [4.78, 5) is 12.3. The lowest BCUT2D eigenvalue weighted by atomic mass is 9.97. The van der Waals surface area contributed by atoms with Crippen LogP contribution in [0.25, 0.3) is 0 Å². The lowest BCUT2D eigenvalue weighted by Crippen LogP contribution is -2.62. The molecule has 0 amide bonds. The van der Waals surface area contributed by atoms with Crippen molar-refractivity contribution in [2.75, 3.05) is 26.5 Å². The molecular formula is C9H18N2O4. The Labute approximate surface area is 89.0 Å². The standard InChI is InChI=1S/C9H18N2O4/c1-8(2,3)10-4-9(5-12,11(13)14)6-15-7-10/h12H,4-7H2,1-3H3/t9-/m1/s1. The molecule has 1 rings (SSSR count). The highest BCUT2D eigenvalue weighted by atomic mass is 16.6. The minimum absolute atomic E-state index is 0.0247. The first-order valence-corrected chi connectivity index (χ1v) is 4.90. The molecule has 0 aromatic rings. The third-order valence-corrected chi connectivity index (χ3v) is 2.73. The fraction of sp³-hybridized carbons (Fsp3) is 1.00. The van der Waals surface area contributed by atoms with Crippen LogP contribution in [0.1, 0.15) is 20.8 Å². The van der Waals surface area contributed by atoms with Gasteiger partial charge < -0.3 is 9.84 Å². The molecule has 6 heteroatoms. The van der Waals surface area contributed by atoms with Crippen LogP contribution in [-0.2, 0) is 4.74 Å². The van der Waals surface area contributed by atoms with E-state index in [2.05, 4.69) is 0 Å². The fourth-order valence-corrected chi connectivity index (χ4v) is 1.49. The Morgan fingerprint density at radius 3 is 2.60 bits per heavy atom. The van der Waals surface area contributed by atoms with Crippen LogP contribution in [0.2, 0.25) is 0 Å². The molecule has 0 saturated carbocycles. The van der Waals surface area contributed by atoms with Gasteiger partial charge in [-0.2, -0.15) is 0 Å². The van der Waals surface area contributed by atoms with Crippen LogP contribution in [0, 0.1) is 10.1 Å². The molecule has 1 N–H and O–H groups in total. The maximum atomic E-state index is 10.9. The van der Waals surface area contributed by atoms with Crippen molar-refractivity contribution in [1.29, 1.82) is 0 Å². The second-order valence-electron chi connectivity index (χ2n) is 4.99. The summed E-state index contributed by atoms with van der Waals surface area (Å²) in [5.41, 5.74) is -1.57. The van der Waals surface area contributed by atoms with E-state index >= 15 is 0 Å². The highest BCUT2D eigenvalue weighted by Gasteiger charge is 2.49. The lowest BCUT2D eigenvalue weighted by Gasteiger charge is -2.42. The predicted molar refractivity (Wildman–Crippen MR) is 54.1 cm³/mol. The first-order chi connectivity index (χ1) is 6.82. The molecule has 0 spiro atoms.